The van der Waals surface area contributed by atoms with Gasteiger partial charge in [0, 0.05) is 13.1 Å². The molecule has 0 atom stereocenters. The summed E-state index contributed by atoms with van der Waals surface area (Å²) in [6.07, 6.45) is 2.94. The van der Waals surface area contributed by atoms with E-state index in [0.717, 1.165) is 16.8 Å². The van der Waals surface area contributed by atoms with Gasteiger partial charge >= 0.3 is 0 Å². The highest BCUT2D eigenvalue weighted by atomic mass is 16.2. The van der Waals surface area contributed by atoms with E-state index in [9.17, 15) is 14.4 Å². The van der Waals surface area contributed by atoms with E-state index in [2.05, 4.69) is 16.1 Å². The van der Waals surface area contributed by atoms with Crippen molar-refractivity contribution in [2.24, 2.45) is 0 Å². The average Bonchev–Trinajstić information content (AvgIpc) is 3.28. The van der Waals surface area contributed by atoms with Crippen LogP contribution in [0.5, 0.6) is 0 Å². The minimum absolute atomic E-state index is 0.0879. The maximum atomic E-state index is 13.0. The molecule has 1 aliphatic heterocycles. The predicted molar refractivity (Wildman–Crippen MR) is 114 cm³/mol. The summed E-state index contributed by atoms with van der Waals surface area (Å²) in [5.74, 6) is -0.685. The number of carbonyl (C=O) groups excluding carboxylic acids is 2. The number of amides is 2. The monoisotopic (exact) mass is 413 g/mol. The van der Waals surface area contributed by atoms with Crippen LogP contribution in [0, 0.1) is 13.8 Å². The van der Waals surface area contributed by atoms with Crippen molar-refractivity contribution in [1.29, 1.82) is 0 Å². The molecule has 154 valence electrons. The van der Waals surface area contributed by atoms with Gasteiger partial charge in [-0.25, -0.2) is 9.67 Å². The van der Waals surface area contributed by atoms with Crippen molar-refractivity contribution >= 4 is 22.8 Å². The summed E-state index contributed by atoms with van der Waals surface area (Å²) < 4.78 is 3.05. The number of aryl methyl sites for hydroxylation is 2. The first-order valence-corrected chi connectivity index (χ1v) is 9.91. The van der Waals surface area contributed by atoms with E-state index >= 15 is 0 Å². The normalized spacial score (nSPS) is 13.3. The molecule has 0 unspecified atom stereocenters. The Morgan fingerprint density at radius 2 is 1.52 bits per heavy atom. The number of rotatable bonds is 4. The Kier molecular flexibility index (Phi) is 4.28. The van der Waals surface area contributed by atoms with E-state index in [4.69, 9.17) is 0 Å². The topological polar surface area (TPSA) is 90.1 Å². The van der Waals surface area contributed by atoms with Gasteiger partial charge in [-0.2, -0.15) is 5.10 Å². The average molecular weight is 413 g/mol. The Bertz CT molecular complexity index is 1380. The Labute approximate surface area is 177 Å². The minimum Gasteiger partial charge on any atom is -0.297 e. The maximum absolute atomic E-state index is 13.0. The molecule has 2 aromatic carbocycles. The lowest BCUT2D eigenvalue weighted by atomic mass is 10.1. The molecule has 1 aliphatic rings. The molecule has 8 nitrogen and oxygen atoms in total. The first-order chi connectivity index (χ1) is 14.9. The van der Waals surface area contributed by atoms with Crippen LogP contribution < -0.4 is 5.56 Å². The van der Waals surface area contributed by atoms with Crippen LogP contribution in [0.2, 0.25) is 0 Å². The van der Waals surface area contributed by atoms with Crippen LogP contribution in [0.1, 0.15) is 31.8 Å². The van der Waals surface area contributed by atoms with Crippen LogP contribution in [-0.2, 0) is 6.54 Å². The van der Waals surface area contributed by atoms with E-state index < -0.39 is 0 Å². The summed E-state index contributed by atoms with van der Waals surface area (Å²) in [6.45, 7) is 4.25. The van der Waals surface area contributed by atoms with Gasteiger partial charge in [-0.15, -0.1) is 0 Å². The lowest BCUT2D eigenvalue weighted by Crippen LogP contribution is -2.35. The van der Waals surface area contributed by atoms with Crippen molar-refractivity contribution in [1.82, 2.24) is 24.2 Å². The van der Waals surface area contributed by atoms with Crippen LogP contribution in [0.3, 0.4) is 0 Å². The molecule has 0 bridgehead atoms. The summed E-state index contributed by atoms with van der Waals surface area (Å²) in [7, 11) is 0. The van der Waals surface area contributed by atoms with E-state index in [0.29, 0.717) is 22.2 Å². The summed E-state index contributed by atoms with van der Waals surface area (Å²) in [6, 6.07) is 12.7. The van der Waals surface area contributed by atoms with Gasteiger partial charge in [-0.1, -0.05) is 18.2 Å². The van der Waals surface area contributed by atoms with Crippen LogP contribution in [-0.4, -0.2) is 42.6 Å². The zero-order valence-electron chi connectivity index (χ0n) is 17.1. The number of imide groups is 1. The molecular formula is C23H19N5O3. The molecule has 0 spiro atoms. The fraction of sp³-hybridized carbons (Fsp3) is 0.174. The summed E-state index contributed by atoms with van der Waals surface area (Å²) in [5.41, 5.74) is 4.00. The number of hydrogen-bond acceptors (Lipinski definition) is 5. The van der Waals surface area contributed by atoms with E-state index in [1.807, 2.05) is 26.0 Å². The minimum atomic E-state index is -0.342. The van der Waals surface area contributed by atoms with Crippen molar-refractivity contribution < 1.29 is 9.59 Å². The Balaban J connectivity index is 1.44. The first kappa shape index (κ1) is 18.9. The number of carbonyl (C=O) groups is 2. The zero-order chi connectivity index (χ0) is 21.7. The van der Waals surface area contributed by atoms with Gasteiger partial charge in [-0.05, 0) is 49.2 Å². The zero-order valence-corrected chi connectivity index (χ0v) is 17.1. The fourth-order valence-electron chi connectivity index (χ4n) is 4.02. The molecule has 8 heteroatoms. The number of fused-ring (bicyclic) bond motifs is 2. The SMILES string of the molecule is Cc1cc(C)cc(-n2ncc3c(=O)n(CCN4C(=O)c5ccccc5C4=O)cnc32)c1. The van der Waals surface area contributed by atoms with Gasteiger partial charge in [0.25, 0.3) is 17.4 Å². The third-order valence-corrected chi connectivity index (χ3v) is 5.45. The van der Waals surface area contributed by atoms with Crippen molar-refractivity contribution in [3.05, 3.63) is 87.6 Å². The molecule has 5 rings (SSSR count). The highest BCUT2D eigenvalue weighted by Crippen LogP contribution is 2.22. The number of benzene rings is 2. The van der Waals surface area contributed by atoms with Gasteiger partial charge in [0.05, 0.1) is 23.0 Å². The van der Waals surface area contributed by atoms with Crippen molar-refractivity contribution in [2.45, 2.75) is 20.4 Å². The van der Waals surface area contributed by atoms with Crippen molar-refractivity contribution in [3.63, 3.8) is 0 Å². The van der Waals surface area contributed by atoms with Gasteiger partial charge in [0.15, 0.2) is 5.65 Å². The molecule has 0 radical (unpaired) electrons. The Hall–Kier alpha value is -4.07. The molecule has 0 N–H and O–H groups in total. The molecule has 31 heavy (non-hydrogen) atoms. The summed E-state index contributed by atoms with van der Waals surface area (Å²) >= 11 is 0. The van der Waals surface area contributed by atoms with Gasteiger partial charge in [0.2, 0.25) is 0 Å². The second-order valence-corrected chi connectivity index (χ2v) is 7.69. The molecule has 2 amide bonds. The van der Waals surface area contributed by atoms with Gasteiger partial charge < -0.3 is 0 Å². The van der Waals surface area contributed by atoms with Crippen LogP contribution in [0.15, 0.2) is 59.8 Å². The predicted octanol–water partition coefficient (Wildman–Crippen LogP) is 2.50. The van der Waals surface area contributed by atoms with Crippen molar-refractivity contribution in [3.8, 4) is 5.69 Å². The Morgan fingerprint density at radius 1 is 0.871 bits per heavy atom. The first-order valence-electron chi connectivity index (χ1n) is 9.91. The quantitative estimate of drug-likeness (QED) is 0.480. The Morgan fingerprint density at radius 3 is 2.16 bits per heavy atom. The maximum Gasteiger partial charge on any atom is 0.264 e. The molecule has 0 fully saturated rings. The van der Waals surface area contributed by atoms with Crippen LogP contribution >= 0.6 is 0 Å². The largest absolute Gasteiger partial charge is 0.297 e. The highest BCUT2D eigenvalue weighted by molar-refractivity contribution is 6.21. The van der Waals surface area contributed by atoms with E-state index in [1.54, 1.807) is 28.9 Å². The van der Waals surface area contributed by atoms with Gasteiger partial charge in [-0.3, -0.25) is 23.9 Å². The van der Waals surface area contributed by atoms with Gasteiger partial charge in [0.1, 0.15) is 11.7 Å². The summed E-state index contributed by atoms with van der Waals surface area (Å²) in [4.78, 5) is 43.6. The third-order valence-electron chi connectivity index (χ3n) is 5.45. The number of hydrogen-bond donors (Lipinski definition) is 0. The molecule has 0 saturated carbocycles. The third kappa shape index (κ3) is 3.04. The second-order valence-electron chi connectivity index (χ2n) is 7.69. The smallest absolute Gasteiger partial charge is 0.264 e. The highest BCUT2D eigenvalue weighted by Gasteiger charge is 2.34. The van der Waals surface area contributed by atoms with Crippen LogP contribution in [0.25, 0.3) is 16.7 Å². The lowest BCUT2D eigenvalue weighted by Gasteiger charge is -2.14. The van der Waals surface area contributed by atoms with Crippen LogP contribution in [0.4, 0.5) is 0 Å². The lowest BCUT2D eigenvalue weighted by molar-refractivity contribution is 0.0648. The molecule has 2 aromatic heterocycles. The van der Waals surface area contributed by atoms with Crippen molar-refractivity contribution in [2.75, 3.05) is 6.54 Å². The number of nitrogens with zero attached hydrogens (tertiary/aromatic N) is 5. The second kappa shape index (κ2) is 7.02. The molecule has 0 saturated heterocycles. The molecule has 3 heterocycles. The standard InChI is InChI=1S/C23H19N5O3/c1-14-9-15(2)11-16(10-14)28-20-19(12-25-28)21(29)26(13-24-20)7-8-27-22(30)17-5-3-4-6-18(17)23(27)31/h3-6,9-13H,7-8H2,1-2H3. The molecule has 4 aromatic rings. The number of aromatic nitrogens is 4. The molecule has 0 aliphatic carbocycles. The molecular weight excluding hydrogens is 394 g/mol. The van der Waals surface area contributed by atoms with E-state index in [-0.39, 0.29) is 30.5 Å². The fourth-order valence-corrected chi connectivity index (χ4v) is 4.02. The van der Waals surface area contributed by atoms with E-state index in [1.165, 1.54) is 22.0 Å². The summed E-state index contributed by atoms with van der Waals surface area (Å²) in [5, 5.41) is 4.74.